The van der Waals surface area contributed by atoms with Gasteiger partial charge in [0.1, 0.15) is 11.6 Å². The first-order valence-electron chi connectivity index (χ1n) is 9.13. The third-order valence-electron chi connectivity index (χ3n) is 4.95. The van der Waals surface area contributed by atoms with Gasteiger partial charge in [0.05, 0.1) is 12.8 Å². The number of rotatable bonds is 4. The molecule has 1 saturated heterocycles. The molecule has 0 atom stereocenters. The van der Waals surface area contributed by atoms with Crippen LogP contribution in [0.15, 0.2) is 54.6 Å². The molecule has 0 unspecified atom stereocenters. The lowest BCUT2D eigenvalue weighted by atomic mass is 10.1. The molecule has 3 aromatic rings. The van der Waals surface area contributed by atoms with Crippen molar-refractivity contribution >= 4 is 11.7 Å². The van der Waals surface area contributed by atoms with Crippen LogP contribution in [0, 0.1) is 5.82 Å². The van der Waals surface area contributed by atoms with Crippen molar-refractivity contribution in [2.45, 2.75) is 0 Å². The summed E-state index contributed by atoms with van der Waals surface area (Å²) < 4.78 is 18.2. The number of methoxy groups -OCH3 is 1. The van der Waals surface area contributed by atoms with Gasteiger partial charge in [-0.25, -0.2) is 4.39 Å². The van der Waals surface area contributed by atoms with Crippen molar-refractivity contribution in [2.24, 2.45) is 0 Å². The van der Waals surface area contributed by atoms with E-state index in [1.54, 1.807) is 43.5 Å². The molecule has 1 N–H and O–H groups in total. The molecule has 1 amide bonds. The highest BCUT2D eigenvalue weighted by atomic mass is 19.1. The first kappa shape index (κ1) is 18.0. The van der Waals surface area contributed by atoms with Gasteiger partial charge in [-0.1, -0.05) is 0 Å². The van der Waals surface area contributed by atoms with Crippen LogP contribution >= 0.6 is 0 Å². The molecule has 4 rings (SSSR count). The molecule has 2 heterocycles. The lowest BCUT2D eigenvalue weighted by Crippen LogP contribution is -2.48. The summed E-state index contributed by atoms with van der Waals surface area (Å²) in [4.78, 5) is 16.7. The molecular weight excluding hydrogens is 359 g/mol. The van der Waals surface area contributed by atoms with Gasteiger partial charge >= 0.3 is 0 Å². The van der Waals surface area contributed by atoms with Crippen LogP contribution in [0.3, 0.4) is 0 Å². The first-order chi connectivity index (χ1) is 13.6. The summed E-state index contributed by atoms with van der Waals surface area (Å²) in [6, 6.07) is 15.4. The van der Waals surface area contributed by atoms with Crippen molar-refractivity contribution in [1.82, 2.24) is 15.1 Å². The number of ether oxygens (including phenoxy) is 1. The lowest BCUT2D eigenvalue weighted by Gasteiger charge is -2.34. The van der Waals surface area contributed by atoms with Crippen LogP contribution in [-0.2, 0) is 0 Å². The zero-order valence-corrected chi connectivity index (χ0v) is 15.6. The number of carbonyl (C=O) groups is 1. The predicted octanol–water partition coefficient (Wildman–Crippen LogP) is 3.19. The SMILES string of the molecule is COc1ccc(C(=O)N2CCN(c3cc(-c4ccc(F)cc4)[nH]n3)CC2)cc1. The number of halogens is 1. The second-order valence-electron chi connectivity index (χ2n) is 6.65. The van der Waals surface area contributed by atoms with Gasteiger partial charge < -0.3 is 14.5 Å². The standard InChI is InChI=1S/C21H21FN4O2/c1-28-18-8-4-16(5-9-18)21(27)26-12-10-25(11-13-26)20-14-19(23-24-20)15-2-6-17(22)7-3-15/h2-9,14H,10-13H2,1H3,(H,23,24). The summed E-state index contributed by atoms with van der Waals surface area (Å²) in [5.41, 5.74) is 2.38. The lowest BCUT2D eigenvalue weighted by molar-refractivity contribution is 0.0746. The smallest absolute Gasteiger partial charge is 0.253 e. The van der Waals surface area contributed by atoms with Crippen molar-refractivity contribution < 1.29 is 13.9 Å². The molecule has 6 nitrogen and oxygen atoms in total. The van der Waals surface area contributed by atoms with Crippen LogP contribution in [-0.4, -0.2) is 54.3 Å². The molecule has 1 aromatic heterocycles. The van der Waals surface area contributed by atoms with E-state index in [0.717, 1.165) is 22.8 Å². The normalized spacial score (nSPS) is 14.2. The van der Waals surface area contributed by atoms with Crippen LogP contribution in [0.1, 0.15) is 10.4 Å². The number of anilines is 1. The van der Waals surface area contributed by atoms with Crippen molar-refractivity contribution in [2.75, 3.05) is 38.2 Å². The van der Waals surface area contributed by atoms with Gasteiger partial charge in [-0.05, 0) is 54.1 Å². The van der Waals surface area contributed by atoms with Crippen LogP contribution < -0.4 is 9.64 Å². The largest absolute Gasteiger partial charge is 0.497 e. The van der Waals surface area contributed by atoms with E-state index in [4.69, 9.17) is 4.74 Å². The zero-order valence-electron chi connectivity index (χ0n) is 15.6. The summed E-state index contributed by atoms with van der Waals surface area (Å²) in [7, 11) is 1.60. The van der Waals surface area contributed by atoms with Gasteiger partial charge in [0, 0.05) is 37.8 Å². The van der Waals surface area contributed by atoms with Crippen LogP contribution in [0.25, 0.3) is 11.3 Å². The number of nitrogens with one attached hydrogen (secondary N) is 1. The van der Waals surface area contributed by atoms with Gasteiger partial charge in [-0.15, -0.1) is 0 Å². The Hall–Kier alpha value is -3.35. The second-order valence-corrected chi connectivity index (χ2v) is 6.65. The number of carbonyl (C=O) groups excluding carboxylic acids is 1. The summed E-state index contributed by atoms with van der Waals surface area (Å²) >= 11 is 0. The Morgan fingerprint density at radius 3 is 2.36 bits per heavy atom. The number of piperazine rings is 1. The minimum absolute atomic E-state index is 0.0244. The van der Waals surface area contributed by atoms with Gasteiger partial charge in [0.2, 0.25) is 0 Å². The highest BCUT2D eigenvalue weighted by Crippen LogP contribution is 2.23. The number of nitrogens with zero attached hydrogens (tertiary/aromatic N) is 3. The van der Waals surface area contributed by atoms with E-state index in [1.165, 1.54) is 12.1 Å². The van der Waals surface area contributed by atoms with E-state index in [-0.39, 0.29) is 11.7 Å². The Labute approximate surface area is 162 Å². The molecule has 0 saturated carbocycles. The molecular formula is C21H21FN4O2. The molecule has 0 spiro atoms. The van der Waals surface area contributed by atoms with Crippen molar-refractivity contribution in [3.8, 4) is 17.0 Å². The zero-order chi connectivity index (χ0) is 19.5. The number of aromatic nitrogens is 2. The first-order valence-corrected chi connectivity index (χ1v) is 9.13. The fourth-order valence-electron chi connectivity index (χ4n) is 3.31. The van der Waals surface area contributed by atoms with Gasteiger partial charge in [-0.3, -0.25) is 9.89 Å². The minimum Gasteiger partial charge on any atom is -0.497 e. The fraction of sp³-hybridized carbons (Fsp3) is 0.238. The Kier molecular flexibility index (Phi) is 4.97. The molecule has 7 heteroatoms. The monoisotopic (exact) mass is 380 g/mol. The number of H-pyrrole nitrogens is 1. The number of hydrogen-bond acceptors (Lipinski definition) is 4. The fourth-order valence-corrected chi connectivity index (χ4v) is 3.31. The third kappa shape index (κ3) is 3.69. The Balaban J connectivity index is 1.38. The molecule has 1 fully saturated rings. The molecule has 2 aromatic carbocycles. The van der Waals surface area contributed by atoms with E-state index in [9.17, 15) is 9.18 Å². The number of amides is 1. The number of aromatic amines is 1. The summed E-state index contributed by atoms with van der Waals surface area (Å²) in [5.74, 6) is 1.32. The van der Waals surface area contributed by atoms with E-state index < -0.39 is 0 Å². The number of benzene rings is 2. The predicted molar refractivity (Wildman–Crippen MR) is 105 cm³/mol. The van der Waals surface area contributed by atoms with Crippen LogP contribution in [0.4, 0.5) is 10.2 Å². The molecule has 144 valence electrons. The van der Waals surface area contributed by atoms with Crippen molar-refractivity contribution in [1.29, 1.82) is 0 Å². The van der Waals surface area contributed by atoms with Gasteiger partial charge in [0.25, 0.3) is 5.91 Å². The van der Waals surface area contributed by atoms with Crippen LogP contribution in [0.2, 0.25) is 0 Å². The number of hydrogen-bond donors (Lipinski definition) is 1. The average Bonchev–Trinajstić information content (AvgIpc) is 3.24. The average molecular weight is 380 g/mol. The maximum atomic E-state index is 13.1. The third-order valence-corrected chi connectivity index (χ3v) is 4.95. The Morgan fingerprint density at radius 2 is 1.71 bits per heavy atom. The second kappa shape index (κ2) is 7.72. The maximum Gasteiger partial charge on any atom is 0.253 e. The summed E-state index contributed by atoms with van der Waals surface area (Å²) in [6.07, 6.45) is 0. The van der Waals surface area contributed by atoms with E-state index in [1.807, 2.05) is 11.0 Å². The van der Waals surface area contributed by atoms with E-state index in [2.05, 4.69) is 15.1 Å². The Bertz CT molecular complexity index is 945. The van der Waals surface area contributed by atoms with E-state index in [0.29, 0.717) is 31.7 Å². The van der Waals surface area contributed by atoms with Crippen LogP contribution in [0.5, 0.6) is 5.75 Å². The molecule has 0 radical (unpaired) electrons. The summed E-state index contributed by atoms with van der Waals surface area (Å²) in [5, 5.41) is 7.38. The molecule has 1 aliphatic rings. The van der Waals surface area contributed by atoms with Crippen molar-refractivity contribution in [3.05, 3.63) is 66.0 Å². The molecule has 28 heavy (non-hydrogen) atoms. The highest BCUT2D eigenvalue weighted by Gasteiger charge is 2.23. The molecule has 0 bridgehead atoms. The molecule has 0 aliphatic carbocycles. The Morgan fingerprint density at radius 1 is 1.04 bits per heavy atom. The quantitative estimate of drug-likeness (QED) is 0.755. The topological polar surface area (TPSA) is 61.5 Å². The summed E-state index contributed by atoms with van der Waals surface area (Å²) in [6.45, 7) is 2.67. The van der Waals surface area contributed by atoms with Gasteiger partial charge in [0.15, 0.2) is 5.82 Å². The van der Waals surface area contributed by atoms with Crippen molar-refractivity contribution in [3.63, 3.8) is 0 Å². The van der Waals surface area contributed by atoms with E-state index >= 15 is 0 Å². The highest BCUT2D eigenvalue weighted by molar-refractivity contribution is 5.94. The van der Waals surface area contributed by atoms with Gasteiger partial charge in [-0.2, -0.15) is 5.10 Å². The minimum atomic E-state index is -0.263. The molecule has 1 aliphatic heterocycles. The maximum absolute atomic E-state index is 13.1.